The van der Waals surface area contributed by atoms with Gasteiger partial charge in [-0.3, -0.25) is 4.79 Å². The molecule has 0 aliphatic heterocycles. The minimum Gasteiger partial charge on any atom is -0.481 e. The summed E-state index contributed by atoms with van der Waals surface area (Å²) in [5.74, 6) is 0.983. The highest BCUT2D eigenvalue weighted by Gasteiger charge is 2.15. The van der Waals surface area contributed by atoms with Crippen LogP contribution in [0.2, 0.25) is 0 Å². The van der Waals surface area contributed by atoms with Gasteiger partial charge in [-0.05, 0) is 25.5 Å². The number of aryl methyl sites for hydroxylation is 2. The third-order valence-electron chi connectivity index (χ3n) is 3.90. The molecule has 0 aliphatic rings. The van der Waals surface area contributed by atoms with Crippen molar-refractivity contribution in [1.82, 2.24) is 29.9 Å². The summed E-state index contributed by atoms with van der Waals surface area (Å²) in [6, 6.07) is 3.60. The maximum atomic E-state index is 12.3. The van der Waals surface area contributed by atoms with Gasteiger partial charge in [0, 0.05) is 35.8 Å². The summed E-state index contributed by atoms with van der Waals surface area (Å²) in [5, 5.41) is 6.99. The average Bonchev–Trinajstić information content (AvgIpc) is 2.97. The van der Waals surface area contributed by atoms with Crippen molar-refractivity contribution in [2.75, 3.05) is 12.8 Å². The van der Waals surface area contributed by atoms with E-state index in [1.807, 2.05) is 19.9 Å². The molecule has 0 bridgehead atoms. The number of hydrogen-bond donors (Lipinski definition) is 2. The fourth-order valence-electron chi connectivity index (χ4n) is 2.58. The van der Waals surface area contributed by atoms with E-state index in [1.165, 1.54) is 0 Å². The molecular formula is C16H19N7O2. The monoisotopic (exact) mass is 341 g/mol. The van der Waals surface area contributed by atoms with Crippen LogP contribution in [0, 0.1) is 13.8 Å². The molecular weight excluding hydrogens is 322 g/mol. The molecule has 9 nitrogen and oxygen atoms in total. The Morgan fingerprint density at radius 3 is 2.92 bits per heavy atom. The molecule has 0 aromatic carbocycles. The SMILES string of the molecule is COc1cc(CNC(=O)Cc2c(C)nc3nc(N)nn3c2C)ccn1. The number of nitrogens with two attached hydrogens (primary N) is 1. The Hall–Kier alpha value is -3.23. The second-order valence-corrected chi connectivity index (χ2v) is 5.60. The quantitative estimate of drug-likeness (QED) is 0.696. The summed E-state index contributed by atoms with van der Waals surface area (Å²) < 4.78 is 6.63. The summed E-state index contributed by atoms with van der Waals surface area (Å²) in [6.45, 7) is 4.10. The number of nitrogens with zero attached hydrogens (tertiary/aromatic N) is 5. The molecule has 9 heteroatoms. The zero-order chi connectivity index (χ0) is 18.0. The van der Waals surface area contributed by atoms with Crippen molar-refractivity contribution in [1.29, 1.82) is 0 Å². The maximum Gasteiger partial charge on any atom is 0.254 e. The molecule has 130 valence electrons. The highest BCUT2D eigenvalue weighted by molar-refractivity contribution is 5.79. The molecule has 0 unspecified atom stereocenters. The van der Waals surface area contributed by atoms with Gasteiger partial charge in [0.2, 0.25) is 17.7 Å². The average molecular weight is 341 g/mol. The number of fused-ring (bicyclic) bond motifs is 1. The number of rotatable bonds is 5. The molecule has 1 amide bonds. The normalized spacial score (nSPS) is 10.8. The first-order chi connectivity index (χ1) is 12.0. The maximum absolute atomic E-state index is 12.3. The number of nitrogen functional groups attached to an aromatic ring is 1. The zero-order valence-electron chi connectivity index (χ0n) is 14.3. The standard InChI is InChI=1S/C16H19N7O2/c1-9-12(10(2)23-16(20-9)21-15(17)22-23)7-13(24)19-8-11-4-5-18-14(6-11)25-3/h4-6H,7-8H2,1-3H3,(H2,17,22)(H,19,24). The van der Waals surface area contributed by atoms with Crippen LogP contribution in [0.4, 0.5) is 5.95 Å². The molecule has 3 aromatic rings. The van der Waals surface area contributed by atoms with Crippen molar-refractivity contribution in [3.8, 4) is 5.88 Å². The molecule has 0 radical (unpaired) electrons. The third kappa shape index (κ3) is 3.49. The molecule has 3 rings (SSSR count). The lowest BCUT2D eigenvalue weighted by Gasteiger charge is -2.11. The van der Waals surface area contributed by atoms with Gasteiger partial charge in [0.05, 0.1) is 13.5 Å². The summed E-state index contributed by atoms with van der Waals surface area (Å²) in [4.78, 5) is 24.8. The molecule has 0 fully saturated rings. The summed E-state index contributed by atoms with van der Waals surface area (Å²) in [5.41, 5.74) is 8.87. The largest absolute Gasteiger partial charge is 0.481 e. The first kappa shape index (κ1) is 16.6. The van der Waals surface area contributed by atoms with Crippen molar-refractivity contribution >= 4 is 17.6 Å². The molecule has 3 N–H and O–H groups in total. The van der Waals surface area contributed by atoms with Gasteiger partial charge < -0.3 is 15.8 Å². The number of aromatic nitrogens is 5. The number of carbonyl (C=O) groups excluding carboxylic acids is 1. The number of pyridine rings is 1. The Bertz CT molecular complexity index is 936. The number of methoxy groups -OCH3 is 1. The van der Waals surface area contributed by atoms with Crippen molar-refractivity contribution in [3.05, 3.63) is 40.8 Å². The molecule has 25 heavy (non-hydrogen) atoms. The van der Waals surface area contributed by atoms with Crippen molar-refractivity contribution < 1.29 is 9.53 Å². The van der Waals surface area contributed by atoms with Gasteiger partial charge in [0.1, 0.15) is 0 Å². The predicted octanol–water partition coefficient (Wildman–Crippen LogP) is 0.586. The smallest absolute Gasteiger partial charge is 0.254 e. The molecule has 0 saturated heterocycles. The number of carbonyl (C=O) groups is 1. The van der Waals surface area contributed by atoms with Crippen LogP contribution in [-0.2, 0) is 17.8 Å². The van der Waals surface area contributed by atoms with Gasteiger partial charge in [-0.15, -0.1) is 5.10 Å². The Balaban J connectivity index is 1.73. The van der Waals surface area contributed by atoms with E-state index in [0.717, 1.165) is 22.5 Å². The Labute approximate surface area is 144 Å². The first-order valence-corrected chi connectivity index (χ1v) is 7.72. The molecule has 3 aromatic heterocycles. The second-order valence-electron chi connectivity index (χ2n) is 5.60. The minimum atomic E-state index is -0.115. The van der Waals surface area contributed by atoms with Gasteiger partial charge >= 0.3 is 0 Å². The van der Waals surface area contributed by atoms with E-state index in [4.69, 9.17) is 10.5 Å². The lowest BCUT2D eigenvalue weighted by Crippen LogP contribution is -2.26. The van der Waals surface area contributed by atoms with Gasteiger partial charge in [-0.1, -0.05) is 0 Å². The molecule has 0 saturated carbocycles. The minimum absolute atomic E-state index is 0.115. The van der Waals surface area contributed by atoms with Gasteiger partial charge in [-0.2, -0.15) is 9.50 Å². The third-order valence-corrected chi connectivity index (χ3v) is 3.90. The predicted molar refractivity (Wildman–Crippen MR) is 91.0 cm³/mol. The number of amides is 1. The Morgan fingerprint density at radius 1 is 1.36 bits per heavy atom. The van der Waals surface area contributed by atoms with Crippen LogP contribution < -0.4 is 15.8 Å². The van der Waals surface area contributed by atoms with Crippen LogP contribution in [0.25, 0.3) is 5.78 Å². The summed E-state index contributed by atoms with van der Waals surface area (Å²) >= 11 is 0. The number of anilines is 1. The Kier molecular flexibility index (Phi) is 4.46. The van der Waals surface area contributed by atoms with Crippen molar-refractivity contribution in [2.45, 2.75) is 26.8 Å². The van der Waals surface area contributed by atoms with Crippen LogP contribution in [0.15, 0.2) is 18.3 Å². The van der Waals surface area contributed by atoms with Crippen LogP contribution in [0.3, 0.4) is 0 Å². The molecule has 3 heterocycles. The topological polar surface area (TPSA) is 120 Å². The molecule has 0 spiro atoms. The molecule has 0 aliphatic carbocycles. The van der Waals surface area contributed by atoms with Crippen LogP contribution >= 0.6 is 0 Å². The van der Waals surface area contributed by atoms with Crippen LogP contribution in [0.1, 0.15) is 22.5 Å². The zero-order valence-corrected chi connectivity index (χ0v) is 14.3. The van der Waals surface area contributed by atoms with Gasteiger partial charge in [-0.25, -0.2) is 9.97 Å². The Morgan fingerprint density at radius 2 is 2.16 bits per heavy atom. The van der Waals surface area contributed by atoms with Crippen molar-refractivity contribution in [2.24, 2.45) is 0 Å². The summed E-state index contributed by atoms with van der Waals surface area (Å²) in [7, 11) is 1.55. The van der Waals surface area contributed by atoms with E-state index in [2.05, 4.69) is 25.4 Å². The lowest BCUT2D eigenvalue weighted by atomic mass is 10.1. The second kappa shape index (κ2) is 6.71. The van der Waals surface area contributed by atoms with Gasteiger partial charge in [0.25, 0.3) is 5.78 Å². The summed E-state index contributed by atoms with van der Waals surface area (Å²) in [6.07, 6.45) is 1.84. The van der Waals surface area contributed by atoms with E-state index in [0.29, 0.717) is 18.2 Å². The van der Waals surface area contributed by atoms with E-state index >= 15 is 0 Å². The molecule has 0 atom stereocenters. The van der Waals surface area contributed by atoms with Gasteiger partial charge in [0.15, 0.2) is 0 Å². The van der Waals surface area contributed by atoms with Crippen LogP contribution in [0.5, 0.6) is 5.88 Å². The van der Waals surface area contributed by atoms with E-state index in [-0.39, 0.29) is 18.3 Å². The van der Waals surface area contributed by atoms with E-state index in [9.17, 15) is 4.79 Å². The lowest BCUT2D eigenvalue weighted by molar-refractivity contribution is -0.120. The highest BCUT2D eigenvalue weighted by atomic mass is 16.5. The van der Waals surface area contributed by atoms with Crippen LogP contribution in [-0.4, -0.2) is 37.6 Å². The highest BCUT2D eigenvalue weighted by Crippen LogP contribution is 2.15. The number of hydrogen-bond acceptors (Lipinski definition) is 7. The fraction of sp³-hybridized carbons (Fsp3) is 0.312. The van der Waals surface area contributed by atoms with E-state index in [1.54, 1.807) is 23.9 Å². The number of nitrogens with one attached hydrogen (secondary N) is 1. The number of ether oxygens (including phenoxy) is 1. The first-order valence-electron chi connectivity index (χ1n) is 7.72. The van der Waals surface area contributed by atoms with E-state index < -0.39 is 0 Å². The van der Waals surface area contributed by atoms with Crippen molar-refractivity contribution in [3.63, 3.8) is 0 Å². The fourth-order valence-corrected chi connectivity index (χ4v) is 2.58.